The van der Waals surface area contributed by atoms with E-state index in [2.05, 4.69) is 5.32 Å². The van der Waals surface area contributed by atoms with Crippen LogP contribution in [0.1, 0.15) is 10.4 Å². The third-order valence-electron chi connectivity index (χ3n) is 3.93. The number of carbonyl (C=O) groups excluding carboxylic acids is 1. The van der Waals surface area contributed by atoms with Crippen LogP contribution >= 0.6 is 0 Å². The molecule has 0 unspecified atom stereocenters. The van der Waals surface area contributed by atoms with E-state index in [1.165, 1.54) is 0 Å². The Bertz CT molecular complexity index is 855. The van der Waals surface area contributed by atoms with E-state index in [9.17, 15) is 4.79 Å². The minimum Gasteiger partial charge on any atom is -0.497 e. The quantitative estimate of drug-likeness (QED) is 0.741. The summed E-state index contributed by atoms with van der Waals surface area (Å²) in [6, 6.07) is 22.5. The van der Waals surface area contributed by atoms with Gasteiger partial charge in [0, 0.05) is 16.8 Å². The van der Waals surface area contributed by atoms with Crippen molar-refractivity contribution in [2.24, 2.45) is 0 Å². The molecule has 0 atom stereocenters. The second kappa shape index (κ2) is 7.53. The molecule has 0 radical (unpaired) electrons. The second-order valence-electron chi connectivity index (χ2n) is 5.46. The van der Waals surface area contributed by atoms with Gasteiger partial charge >= 0.3 is 0 Å². The van der Waals surface area contributed by atoms with E-state index < -0.39 is 0 Å². The summed E-state index contributed by atoms with van der Waals surface area (Å²) in [6.07, 6.45) is 0. The Hall–Kier alpha value is -3.27. The molecule has 0 spiro atoms. The number of nitrogens with one attached hydrogen (secondary N) is 1. The highest BCUT2D eigenvalue weighted by Crippen LogP contribution is 2.29. The van der Waals surface area contributed by atoms with E-state index in [1.807, 2.05) is 48.5 Å². The first kappa shape index (κ1) is 16.6. The van der Waals surface area contributed by atoms with Crippen LogP contribution in [0.4, 0.5) is 5.69 Å². The average Bonchev–Trinajstić information content (AvgIpc) is 2.68. The molecule has 0 saturated heterocycles. The predicted molar refractivity (Wildman–Crippen MR) is 99.4 cm³/mol. The van der Waals surface area contributed by atoms with Crippen molar-refractivity contribution < 1.29 is 14.3 Å². The summed E-state index contributed by atoms with van der Waals surface area (Å²) in [4.78, 5) is 12.5. The van der Waals surface area contributed by atoms with Crippen molar-refractivity contribution in [3.63, 3.8) is 0 Å². The van der Waals surface area contributed by atoms with Crippen molar-refractivity contribution in [3.8, 4) is 22.6 Å². The first-order chi connectivity index (χ1) is 12.2. The molecule has 25 heavy (non-hydrogen) atoms. The highest BCUT2D eigenvalue weighted by atomic mass is 16.5. The SMILES string of the molecule is COc1ccc(C(=O)Nc2ccccc2-c2ccc(OC)cc2)cc1. The molecule has 126 valence electrons. The summed E-state index contributed by atoms with van der Waals surface area (Å²) in [5.41, 5.74) is 3.29. The van der Waals surface area contributed by atoms with Crippen LogP contribution in [0.15, 0.2) is 72.8 Å². The molecule has 1 N–H and O–H groups in total. The van der Waals surface area contributed by atoms with Gasteiger partial charge in [-0.15, -0.1) is 0 Å². The van der Waals surface area contributed by atoms with Gasteiger partial charge in [-0.2, -0.15) is 0 Å². The number of benzene rings is 3. The van der Waals surface area contributed by atoms with Crippen LogP contribution in [-0.4, -0.2) is 20.1 Å². The standard InChI is InChI=1S/C21H19NO3/c1-24-17-11-7-15(8-12-17)19-5-3-4-6-20(19)22-21(23)16-9-13-18(25-2)14-10-16/h3-14H,1-2H3,(H,22,23). The van der Waals surface area contributed by atoms with Crippen molar-refractivity contribution in [1.29, 1.82) is 0 Å². The number of para-hydroxylation sites is 1. The molecule has 4 heteroatoms. The fourth-order valence-corrected chi connectivity index (χ4v) is 2.55. The molecule has 0 bridgehead atoms. The Labute approximate surface area is 147 Å². The normalized spacial score (nSPS) is 10.2. The summed E-state index contributed by atoms with van der Waals surface area (Å²) < 4.78 is 10.3. The zero-order valence-corrected chi connectivity index (χ0v) is 14.2. The fourth-order valence-electron chi connectivity index (χ4n) is 2.55. The van der Waals surface area contributed by atoms with Gasteiger partial charge in [-0.3, -0.25) is 4.79 Å². The van der Waals surface area contributed by atoms with Crippen LogP contribution in [0, 0.1) is 0 Å². The fraction of sp³-hybridized carbons (Fsp3) is 0.0952. The number of rotatable bonds is 5. The monoisotopic (exact) mass is 333 g/mol. The Morgan fingerprint density at radius 1 is 0.760 bits per heavy atom. The second-order valence-corrected chi connectivity index (χ2v) is 5.46. The lowest BCUT2D eigenvalue weighted by molar-refractivity contribution is 0.102. The van der Waals surface area contributed by atoms with Gasteiger partial charge < -0.3 is 14.8 Å². The lowest BCUT2D eigenvalue weighted by Crippen LogP contribution is -2.12. The minimum absolute atomic E-state index is 0.163. The van der Waals surface area contributed by atoms with Crippen molar-refractivity contribution in [2.75, 3.05) is 19.5 Å². The van der Waals surface area contributed by atoms with E-state index in [0.29, 0.717) is 5.56 Å². The van der Waals surface area contributed by atoms with Crippen LogP contribution < -0.4 is 14.8 Å². The Morgan fingerprint density at radius 3 is 1.92 bits per heavy atom. The summed E-state index contributed by atoms with van der Waals surface area (Å²) in [5.74, 6) is 1.35. The molecule has 0 aromatic heterocycles. The number of ether oxygens (including phenoxy) is 2. The van der Waals surface area contributed by atoms with Gasteiger partial charge in [-0.1, -0.05) is 30.3 Å². The number of hydrogen-bond acceptors (Lipinski definition) is 3. The van der Waals surface area contributed by atoms with Crippen LogP contribution in [0.5, 0.6) is 11.5 Å². The Morgan fingerprint density at radius 2 is 1.32 bits per heavy atom. The molecule has 4 nitrogen and oxygen atoms in total. The van der Waals surface area contributed by atoms with E-state index in [0.717, 1.165) is 28.3 Å². The lowest BCUT2D eigenvalue weighted by Gasteiger charge is -2.12. The van der Waals surface area contributed by atoms with E-state index >= 15 is 0 Å². The Balaban J connectivity index is 1.85. The van der Waals surface area contributed by atoms with Gasteiger partial charge in [0.1, 0.15) is 11.5 Å². The first-order valence-corrected chi connectivity index (χ1v) is 7.90. The van der Waals surface area contributed by atoms with Crippen molar-refractivity contribution in [1.82, 2.24) is 0 Å². The van der Waals surface area contributed by atoms with Crippen molar-refractivity contribution >= 4 is 11.6 Å². The molecule has 3 aromatic carbocycles. The van der Waals surface area contributed by atoms with Crippen LogP contribution in [0.25, 0.3) is 11.1 Å². The van der Waals surface area contributed by atoms with Gasteiger partial charge in [0.05, 0.1) is 14.2 Å². The maximum absolute atomic E-state index is 12.5. The molecule has 0 aliphatic carbocycles. The summed E-state index contributed by atoms with van der Waals surface area (Å²) >= 11 is 0. The lowest BCUT2D eigenvalue weighted by atomic mass is 10.0. The van der Waals surface area contributed by atoms with Gasteiger partial charge in [0.25, 0.3) is 5.91 Å². The van der Waals surface area contributed by atoms with Gasteiger partial charge in [-0.25, -0.2) is 0 Å². The molecule has 3 aromatic rings. The predicted octanol–water partition coefficient (Wildman–Crippen LogP) is 4.62. The number of amides is 1. The van der Waals surface area contributed by atoms with Crippen LogP contribution in [-0.2, 0) is 0 Å². The largest absolute Gasteiger partial charge is 0.497 e. The summed E-state index contributed by atoms with van der Waals surface area (Å²) in [7, 11) is 3.23. The molecule has 0 fully saturated rings. The highest BCUT2D eigenvalue weighted by Gasteiger charge is 2.10. The topological polar surface area (TPSA) is 47.6 Å². The maximum atomic E-state index is 12.5. The zero-order chi connectivity index (χ0) is 17.6. The highest BCUT2D eigenvalue weighted by molar-refractivity contribution is 6.06. The van der Waals surface area contributed by atoms with Gasteiger partial charge in [-0.05, 0) is 48.0 Å². The number of anilines is 1. The Kier molecular flexibility index (Phi) is 5.00. The average molecular weight is 333 g/mol. The van der Waals surface area contributed by atoms with E-state index in [-0.39, 0.29) is 5.91 Å². The number of hydrogen-bond donors (Lipinski definition) is 1. The van der Waals surface area contributed by atoms with Crippen molar-refractivity contribution in [2.45, 2.75) is 0 Å². The van der Waals surface area contributed by atoms with Gasteiger partial charge in [0.2, 0.25) is 0 Å². The number of methoxy groups -OCH3 is 2. The van der Waals surface area contributed by atoms with E-state index in [4.69, 9.17) is 9.47 Å². The molecule has 3 rings (SSSR count). The van der Waals surface area contributed by atoms with Gasteiger partial charge in [0.15, 0.2) is 0 Å². The van der Waals surface area contributed by atoms with Crippen molar-refractivity contribution in [3.05, 3.63) is 78.4 Å². The smallest absolute Gasteiger partial charge is 0.255 e. The molecule has 0 saturated carbocycles. The molecular formula is C21H19NO3. The maximum Gasteiger partial charge on any atom is 0.255 e. The van der Waals surface area contributed by atoms with E-state index in [1.54, 1.807) is 38.5 Å². The molecular weight excluding hydrogens is 314 g/mol. The summed E-state index contributed by atoms with van der Waals surface area (Å²) in [6.45, 7) is 0. The third kappa shape index (κ3) is 3.80. The molecule has 0 heterocycles. The molecule has 0 aliphatic rings. The first-order valence-electron chi connectivity index (χ1n) is 7.90. The zero-order valence-electron chi connectivity index (χ0n) is 14.2. The van der Waals surface area contributed by atoms with Crippen LogP contribution in [0.2, 0.25) is 0 Å². The van der Waals surface area contributed by atoms with Crippen LogP contribution in [0.3, 0.4) is 0 Å². The summed E-state index contributed by atoms with van der Waals surface area (Å²) in [5, 5.41) is 2.98. The molecule has 0 aliphatic heterocycles. The molecule has 1 amide bonds. The third-order valence-corrected chi connectivity index (χ3v) is 3.93. The minimum atomic E-state index is -0.163. The number of carbonyl (C=O) groups is 1.